The Balaban J connectivity index is 0.00000225. The Kier molecular flexibility index (Phi) is 6.73. The lowest BCUT2D eigenvalue weighted by Gasteiger charge is -2.23. The van der Waals surface area contributed by atoms with E-state index in [0.29, 0.717) is 11.3 Å². The smallest absolute Gasteiger partial charge is 0.251 e. The van der Waals surface area contributed by atoms with Gasteiger partial charge in [0.2, 0.25) is 0 Å². The van der Waals surface area contributed by atoms with Gasteiger partial charge in [-0.15, -0.1) is 12.4 Å². The van der Waals surface area contributed by atoms with Gasteiger partial charge in [-0.25, -0.2) is 8.78 Å². The van der Waals surface area contributed by atoms with Crippen molar-refractivity contribution in [2.45, 2.75) is 18.9 Å². The summed E-state index contributed by atoms with van der Waals surface area (Å²) in [5, 5.41) is 6.23. The number of hydrogen-bond acceptors (Lipinski definition) is 3. The Bertz CT molecular complexity index is 720. The van der Waals surface area contributed by atoms with Crippen molar-refractivity contribution in [2.75, 3.05) is 13.1 Å². The van der Waals surface area contributed by atoms with E-state index in [2.05, 4.69) is 10.6 Å². The summed E-state index contributed by atoms with van der Waals surface area (Å²) in [7, 11) is 0. The molecule has 1 saturated heterocycles. The summed E-state index contributed by atoms with van der Waals surface area (Å²) in [5.41, 5.74) is 0.526. The number of hydrogen-bond donors (Lipinski definition) is 2. The van der Waals surface area contributed by atoms with Crippen molar-refractivity contribution in [1.82, 2.24) is 10.6 Å². The summed E-state index contributed by atoms with van der Waals surface area (Å²) in [5.74, 6) is -1.39. The summed E-state index contributed by atoms with van der Waals surface area (Å²) in [4.78, 5) is 12.2. The zero-order valence-electron chi connectivity index (χ0n) is 13.4. The van der Waals surface area contributed by atoms with E-state index in [0.717, 1.165) is 38.1 Å². The van der Waals surface area contributed by atoms with Gasteiger partial charge in [-0.05, 0) is 55.8 Å². The first-order chi connectivity index (χ1) is 11.6. The fourth-order valence-corrected chi connectivity index (χ4v) is 2.59. The molecule has 7 heteroatoms. The second-order valence-corrected chi connectivity index (χ2v) is 5.72. The molecule has 0 saturated carbocycles. The molecule has 2 N–H and O–H groups in total. The van der Waals surface area contributed by atoms with Crippen molar-refractivity contribution in [2.24, 2.45) is 0 Å². The summed E-state index contributed by atoms with van der Waals surface area (Å²) in [6.07, 6.45) is 2.02. The molecule has 1 heterocycles. The molecular formula is C18H19ClF2N2O2. The Labute approximate surface area is 151 Å². The molecule has 2 aromatic rings. The second kappa shape index (κ2) is 8.78. The average molecular weight is 369 g/mol. The molecule has 0 unspecified atom stereocenters. The van der Waals surface area contributed by atoms with Crippen LogP contribution in [0.2, 0.25) is 0 Å². The van der Waals surface area contributed by atoms with Crippen LogP contribution in [-0.4, -0.2) is 25.0 Å². The highest BCUT2D eigenvalue weighted by molar-refractivity contribution is 5.94. The first-order valence-corrected chi connectivity index (χ1v) is 7.86. The van der Waals surface area contributed by atoms with Crippen LogP contribution in [0.3, 0.4) is 0 Å². The van der Waals surface area contributed by atoms with Gasteiger partial charge in [-0.2, -0.15) is 0 Å². The van der Waals surface area contributed by atoms with E-state index < -0.39 is 11.6 Å². The van der Waals surface area contributed by atoms with Crippen LogP contribution < -0.4 is 15.4 Å². The van der Waals surface area contributed by atoms with Crippen LogP contribution in [0.4, 0.5) is 8.78 Å². The molecule has 4 nitrogen and oxygen atoms in total. The molecule has 3 rings (SSSR count). The highest BCUT2D eigenvalue weighted by atomic mass is 35.5. The molecule has 0 aliphatic carbocycles. The summed E-state index contributed by atoms with van der Waals surface area (Å²) < 4.78 is 31.5. The minimum atomic E-state index is -0.968. The van der Waals surface area contributed by atoms with Crippen LogP contribution in [-0.2, 0) is 0 Å². The Morgan fingerprint density at radius 3 is 2.44 bits per heavy atom. The number of nitrogens with one attached hydrogen (secondary N) is 2. The largest absolute Gasteiger partial charge is 0.457 e. The third-order valence-electron chi connectivity index (χ3n) is 3.88. The Morgan fingerprint density at radius 1 is 1.08 bits per heavy atom. The minimum Gasteiger partial charge on any atom is -0.457 e. The molecule has 25 heavy (non-hydrogen) atoms. The van der Waals surface area contributed by atoms with Gasteiger partial charge in [0.05, 0.1) is 0 Å². The zero-order valence-corrected chi connectivity index (χ0v) is 14.2. The van der Waals surface area contributed by atoms with Crippen LogP contribution in [0.15, 0.2) is 42.5 Å². The average Bonchev–Trinajstić information content (AvgIpc) is 2.60. The molecule has 1 atom stereocenters. The number of carbonyl (C=O) groups excluding carboxylic acids is 1. The molecule has 0 bridgehead atoms. The van der Waals surface area contributed by atoms with E-state index in [1.807, 2.05) is 0 Å². The lowest BCUT2D eigenvalue weighted by Crippen LogP contribution is -2.45. The Hall–Kier alpha value is -2.18. The lowest BCUT2D eigenvalue weighted by atomic mass is 10.1. The normalized spacial score (nSPS) is 16.6. The fraction of sp³-hybridized carbons (Fsp3) is 0.278. The van der Waals surface area contributed by atoms with Gasteiger partial charge < -0.3 is 15.4 Å². The van der Waals surface area contributed by atoms with Gasteiger partial charge in [0.1, 0.15) is 11.5 Å². The van der Waals surface area contributed by atoms with Crippen LogP contribution in [0.5, 0.6) is 11.5 Å². The predicted molar refractivity (Wildman–Crippen MR) is 93.5 cm³/mol. The number of benzene rings is 2. The highest BCUT2D eigenvalue weighted by Gasteiger charge is 2.16. The van der Waals surface area contributed by atoms with Gasteiger partial charge in [0, 0.05) is 24.2 Å². The third kappa shape index (κ3) is 5.14. The molecule has 1 amide bonds. The maximum Gasteiger partial charge on any atom is 0.251 e. The number of piperidine rings is 1. The van der Waals surface area contributed by atoms with E-state index in [-0.39, 0.29) is 30.1 Å². The molecule has 0 radical (unpaired) electrons. The van der Waals surface area contributed by atoms with Crippen molar-refractivity contribution in [3.05, 3.63) is 59.7 Å². The van der Waals surface area contributed by atoms with Crippen LogP contribution >= 0.6 is 12.4 Å². The zero-order chi connectivity index (χ0) is 16.9. The quantitative estimate of drug-likeness (QED) is 0.866. The van der Waals surface area contributed by atoms with Crippen molar-refractivity contribution in [3.63, 3.8) is 0 Å². The van der Waals surface area contributed by atoms with E-state index in [1.165, 1.54) is 6.07 Å². The molecule has 134 valence electrons. The van der Waals surface area contributed by atoms with E-state index in [4.69, 9.17) is 4.74 Å². The van der Waals surface area contributed by atoms with E-state index >= 15 is 0 Å². The topological polar surface area (TPSA) is 50.4 Å². The number of rotatable bonds is 4. The molecule has 0 spiro atoms. The van der Waals surface area contributed by atoms with Gasteiger partial charge >= 0.3 is 0 Å². The fourth-order valence-electron chi connectivity index (χ4n) is 2.59. The number of carbonyl (C=O) groups is 1. The van der Waals surface area contributed by atoms with Gasteiger partial charge in [0.25, 0.3) is 5.91 Å². The Morgan fingerprint density at radius 2 is 1.80 bits per heavy atom. The standard InChI is InChI=1S/C18H18F2N2O2.ClH/c19-16-8-7-15(10-17(16)20)24-14-5-3-12(4-6-14)18(23)22-13-2-1-9-21-11-13;/h3-8,10,13,21H,1-2,9,11H2,(H,22,23);1H/t13-;/m0./s1. The minimum absolute atomic E-state index is 0. The molecule has 0 aromatic heterocycles. The highest BCUT2D eigenvalue weighted by Crippen LogP contribution is 2.23. The number of halogens is 3. The van der Waals surface area contributed by atoms with E-state index in [1.54, 1.807) is 24.3 Å². The molecule has 1 fully saturated rings. The van der Waals surface area contributed by atoms with E-state index in [9.17, 15) is 13.6 Å². The summed E-state index contributed by atoms with van der Waals surface area (Å²) in [6, 6.07) is 9.99. The van der Waals surface area contributed by atoms with Gasteiger partial charge in [-0.1, -0.05) is 0 Å². The van der Waals surface area contributed by atoms with Crippen LogP contribution in [0.1, 0.15) is 23.2 Å². The third-order valence-corrected chi connectivity index (χ3v) is 3.88. The summed E-state index contributed by atoms with van der Waals surface area (Å²) in [6.45, 7) is 1.77. The number of ether oxygens (including phenoxy) is 1. The summed E-state index contributed by atoms with van der Waals surface area (Å²) >= 11 is 0. The van der Waals surface area contributed by atoms with Gasteiger partial charge in [-0.3, -0.25) is 4.79 Å². The lowest BCUT2D eigenvalue weighted by molar-refractivity contribution is 0.0930. The SMILES string of the molecule is Cl.O=C(N[C@H]1CCCNC1)c1ccc(Oc2ccc(F)c(F)c2)cc1. The van der Waals surface area contributed by atoms with Crippen molar-refractivity contribution in [3.8, 4) is 11.5 Å². The number of amides is 1. The van der Waals surface area contributed by atoms with Gasteiger partial charge in [0.15, 0.2) is 11.6 Å². The second-order valence-electron chi connectivity index (χ2n) is 5.72. The van der Waals surface area contributed by atoms with Crippen molar-refractivity contribution < 1.29 is 18.3 Å². The maximum atomic E-state index is 13.2. The molecule has 2 aromatic carbocycles. The molecule has 1 aliphatic rings. The molecule has 1 aliphatic heterocycles. The molecular weight excluding hydrogens is 350 g/mol. The van der Waals surface area contributed by atoms with Crippen molar-refractivity contribution in [1.29, 1.82) is 0 Å². The van der Waals surface area contributed by atoms with Crippen LogP contribution in [0, 0.1) is 11.6 Å². The maximum absolute atomic E-state index is 13.2. The first-order valence-electron chi connectivity index (χ1n) is 7.86. The van der Waals surface area contributed by atoms with Crippen LogP contribution in [0.25, 0.3) is 0 Å². The monoisotopic (exact) mass is 368 g/mol. The van der Waals surface area contributed by atoms with Crippen molar-refractivity contribution >= 4 is 18.3 Å². The first kappa shape index (κ1) is 19.1. The predicted octanol–water partition coefficient (Wildman–Crippen LogP) is 3.66.